The summed E-state index contributed by atoms with van der Waals surface area (Å²) < 4.78 is 41.0. The smallest absolute Gasteiger partial charge is 0.244 e. The van der Waals surface area contributed by atoms with Crippen molar-refractivity contribution in [2.24, 2.45) is 17.8 Å². The normalized spacial score (nSPS) is 32.5. The predicted octanol–water partition coefficient (Wildman–Crippen LogP) is 5.72. The van der Waals surface area contributed by atoms with E-state index < -0.39 is 11.7 Å². The van der Waals surface area contributed by atoms with Gasteiger partial charge in [0, 0.05) is 16.9 Å². The SMILES string of the molecule is C=CCSc1nc(C23CC4CC(CC(C4)C2)C3)cc(C(F)(F)F)c1C#N. The molecule has 5 rings (SSSR count). The van der Waals surface area contributed by atoms with Crippen LogP contribution in [-0.2, 0) is 11.6 Å². The zero-order valence-corrected chi connectivity index (χ0v) is 15.3. The average Bonchev–Trinajstić information content (AvgIpc) is 2.57. The van der Waals surface area contributed by atoms with E-state index >= 15 is 0 Å². The van der Waals surface area contributed by atoms with Crippen LogP contribution in [0.3, 0.4) is 0 Å². The molecule has 6 heteroatoms. The molecule has 4 aliphatic rings. The van der Waals surface area contributed by atoms with E-state index in [2.05, 4.69) is 11.6 Å². The van der Waals surface area contributed by atoms with Gasteiger partial charge in [-0.1, -0.05) is 6.08 Å². The lowest BCUT2D eigenvalue weighted by molar-refractivity contribution is -0.138. The van der Waals surface area contributed by atoms with E-state index in [0.29, 0.717) is 29.2 Å². The van der Waals surface area contributed by atoms with Crippen molar-refractivity contribution in [3.8, 4) is 6.07 Å². The van der Waals surface area contributed by atoms with Crippen molar-refractivity contribution < 1.29 is 13.2 Å². The van der Waals surface area contributed by atoms with Crippen LogP contribution in [0.5, 0.6) is 0 Å². The summed E-state index contributed by atoms with van der Waals surface area (Å²) in [6.07, 6.45) is 3.58. The van der Waals surface area contributed by atoms with Crippen molar-refractivity contribution in [1.82, 2.24) is 4.98 Å². The molecule has 0 N–H and O–H groups in total. The minimum atomic E-state index is -4.55. The average molecular weight is 378 g/mol. The van der Waals surface area contributed by atoms with E-state index in [1.807, 2.05) is 0 Å². The van der Waals surface area contributed by atoms with E-state index in [9.17, 15) is 18.4 Å². The molecule has 4 fully saturated rings. The van der Waals surface area contributed by atoms with Crippen LogP contribution in [0.1, 0.15) is 55.3 Å². The van der Waals surface area contributed by atoms with Crippen LogP contribution in [0.2, 0.25) is 0 Å². The second kappa shape index (κ2) is 6.30. The standard InChI is InChI=1S/C20H21F3N2S/c1-2-3-26-18-15(11-24)16(20(21,22)23)7-17(25-18)19-8-12-4-13(9-19)6-14(5-12)10-19/h2,7,12-14H,1,3-6,8-10H2. The molecule has 4 aliphatic carbocycles. The van der Waals surface area contributed by atoms with Crippen molar-refractivity contribution in [2.45, 2.75) is 55.1 Å². The highest BCUT2D eigenvalue weighted by Crippen LogP contribution is 2.60. The number of pyridine rings is 1. The Morgan fingerprint density at radius 1 is 1.23 bits per heavy atom. The number of nitriles is 1. The third-order valence-electron chi connectivity index (χ3n) is 6.32. The fourth-order valence-corrected chi connectivity index (χ4v) is 6.53. The highest BCUT2D eigenvalue weighted by atomic mass is 32.2. The zero-order valence-electron chi connectivity index (χ0n) is 14.5. The number of thioether (sulfide) groups is 1. The predicted molar refractivity (Wildman–Crippen MR) is 94.7 cm³/mol. The summed E-state index contributed by atoms with van der Waals surface area (Å²) in [5.74, 6) is 2.30. The van der Waals surface area contributed by atoms with Gasteiger partial charge in [-0.25, -0.2) is 4.98 Å². The topological polar surface area (TPSA) is 36.7 Å². The van der Waals surface area contributed by atoms with Crippen molar-refractivity contribution in [2.75, 3.05) is 5.75 Å². The van der Waals surface area contributed by atoms with Gasteiger partial charge in [-0.2, -0.15) is 18.4 Å². The summed E-state index contributed by atoms with van der Waals surface area (Å²) in [6.45, 7) is 3.63. The molecule has 0 spiro atoms. The van der Waals surface area contributed by atoms with Gasteiger partial charge in [0.15, 0.2) is 0 Å². The largest absolute Gasteiger partial charge is 0.417 e. The number of nitrogens with zero attached hydrogens (tertiary/aromatic N) is 2. The van der Waals surface area contributed by atoms with E-state index in [1.54, 1.807) is 12.1 Å². The van der Waals surface area contributed by atoms with Crippen LogP contribution in [0, 0.1) is 29.1 Å². The highest BCUT2D eigenvalue weighted by Gasteiger charge is 2.53. The molecule has 1 heterocycles. The van der Waals surface area contributed by atoms with Gasteiger partial charge < -0.3 is 0 Å². The van der Waals surface area contributed by atoms with Crippen LogP contribution < -0.4 is 0 Å². The van der Waals surface area contributed by atoms with Gasteiger partial charge in [-0.3, -0.25) is 0 Å². The highest BCUT2D eigenvalue weighted by molar-refractivity contribution is 7.99. The molecule has 0 unspecified atom stereocenters. The number of rotatable bonds is 4. The van der Waals surface area contributed by atoms with Crippen LogP contribution in [-0.4, -0.2) is 10.7 Å². The monoisotopic (exact) mass is 378 g/mol. The maximum Gasteiger partial charge on any atom is 0.417 e. The summed E-state index contributed by atoms with van der Waals surface area (Å²) in [5, 5.41) is 9.56. The Morgan fingerprint density at radius 3 is 2.27 bits per heavy atom. The lowest BCUT2D eigenvalue weighted by Gasteiger charge is -2.56. The zero-order chi connectivity index (χ0) is 18.5. The van der Waals surface area contributed by atoms with Crippen LogP contribution in [0.25, 0.3) is 0 Å². The van der Waals surface area contributed by atoms with Crippen molar-refractivity contribution in [1.29, 1.82) is 5.26 Å². The minimum Gasteiger partial charge on any atom is -0.244 e. The molecule has 2 nitrogen and oxygen atoms in total. The van der Waals surface area contributed by atoms with Gasteiger partial charge >= 0.3 is 6.18 Å². The number of hydrogen-bond acceptors (Lipinski definition) is 3. The van der Waals surface area contributed by atoms with Crippen molar-refractivity contribution in [3.63, 3.8) is 0 Å². The molecule has 1 aromatic rings. The molecule has 0 aromatic carbocycles. The Morgan fingerprint density at radius 2 is 1.81 bits per heavy atom. The molecule has 4 saturated carbocycles. The number of aromatic nitrogens is 1. The summed E-state index contributed by atoms with van der Waals surface area (Å²) in [5.41, 5.74) is -0.841. The Kier molecular flexibility index (Phi) is 4.34. The van der Waals surface area contributed by atoms with Gasteiger partial charge in [0.05, 0.1) is 11.1 Å². The molecular formula is C20H21F3N2S. The van der Waals surface area contributed by atoms with Crippen LogP contribution in [0.4, 0.5) is 13.2 Å². The third kappa shape index (κ3) is 2.94. The molecule has 0 amide bonds. The summed E-state index contributed by atoms with van der Waals surface area (Å²) in [6, 6.07) is 2.93. The molecule has 0 radical (unpaired) electrons. The lowest BCUT2D eigenvalue weighted by atomic mass is 9.48. The first-order valence-corrected chi connectivity index (χ1v) is 10.1. The maximum atomic E-state index is 13.7. The fourth-order valence-electron chi connectivity index (χ4n) is 5.79. The first-order valence-electron chi connectivity index (χ1n) is 9.11. The van der Waals surface area contributed by atoms with E-state index in [1.165, 1.54) is 37.1 Å². The third-order valence-corrected chi connectivity index (χ3v) is 7.29. The van der Waals surface area contributed by atoms with Crippen molar-refractivity contribution in [3.05, 3.63) is 35.5 Å². The molecule has 4 bridgehead atoms. The summed E-state index contributed by atoms with van der Waals surface area (Å²) >= 11 is 1.17. The molecule has 1 aromatic heterocycles. The fraction of sp³-hybridized carbons (Fsp3) is 0.600. The number of halogens is 3. The van der Waals surface area contributed by atoms with E-state index in [4.69, 9.17) is 0 Å². The van der Waals surface area contributed by atoms with Crippen LogP contribution in [0.15, 0.2) is 23.7 Å². The Hall–Kier alpha value is -1.48. The quantitative estimate of drug-likeness (QED) is 0.497. The first kappa shape index (κ1) is 17.9. The molecule has 0 atom stereocenters. The summed E-state index contributed by atoms with van der Waals surface area (Å²) in [4.78, 5) is 4.64. The molecule has 26 heavy (non-hydrogen) atoms. The molecular weight excluding hydrogens is 357 g/mol. The number of alkyl halides is 3. The van der Waals surface area contributed by atoms with E-state index in [-0.39, 0.29) is 16.0 Å². The van der Waals surface area contributed by atoms with Crippen LogP contribution >= 0.6 is 11.8 Å². The van der Waals surface area contributed by atoms with Gasteiger partial charge in [0.25, 0.3) is 0 Å². The Bertz CT molecular complexity index is 743. The second-order valence-electron chi connectivity index (χ2n) is 8.14. The lowest BCUT2D eigenvalue weighted by Crippen LogP contribution is -2.49. The number of hydrogen-bond donors (Lipinski definition) is 0. The molecule has 0 saturated heterocycles. The van der Waals surface area contributed by atoms with E-state index in [0.717, 1.165) is 19.3 Å². The van der Waals surface area contributed by atoms with Gasteiger partial charge in [-0.05, 0) is 62.3 Å². The van der Waals surface area contributed by atoms with Crippen molar-refractivity contribution >= 4 is 11.8 Å². The Balaban J connectivity index is 1.84. The maximum absolute atomic E-state index is 13.7. The summed E-state index contributed by atoms with van der Waals surface area (Å²) in [7, 11) is 0. The first-order chi connectivity index (χ1) is 12.3. The van der Waals surface area contributed by atoms with Gasteiger partial charge in [0.1, 0.15) is 11.1 Å². The van der Waals surface area contributed by atoms with Gasteiger partial charge in [-0.15, -0.1) is 18.3 Å². The van der Waals surface area contributed by atoms with Gasteiger partial charge in [0.2, 0.25) is 0 Å². The molecule has 138 valence electrons. The minimum absolute atomic E-state index is 0.202. The Labute approximate surface area is 155 Å². The molecule has 0 aliphatic heterocycles. The second-order valence-corrected chi connectivity index (χ2v) is 9.15.